The molecule has 12 rings (SSSR count). The smallest absolute Gasteiger partial charge is 0.179 e. The van der Waals surface area contributed by atoms with E-state index in [2.05, 4.69) is 121 Å². The predicted octanol–water partition coefficient (Wildman–Crippen LogP) is 14.2. The number of para-hydroxylation sites is 2. The van der Waals surface area contributed by atoms with Crippen molar-refractivity contribution < 1.29 is 13.3 Å². The van der Waals surface area contributed by atoms with Crippen LogP contribution in [0.2, 0.25) is 0 Å². The molecule has 0 N–H and O–H groups in total. The fourth-order valence-electron chi connectivity index (χ4n) is 8.37. The molecule has 8 aromatic carbocycles. The highest BCUT2D eigenvalue weighted by Crippen LogP contribution is 2.50. The molecule has 0 bridgehead atoms. The molecule has 232 valence electrons. The first-order valence-corrected chi connectivity index (χ1v) is 17.7. The zero-order valence-corrected chi connectivity index (χ0v) is 27.3. The molecule has 3 nitrogen and oxygen atoms in total. The zero-order valence-electron chi connectivity index (χ0n) is 26.5. The lowest BCUT2D eigenvalue weighted by atomic mass is 9.85. The second kappa shape index (κ2) is 9.63. The van der Waals surface area contributed by atoms with Crippen LogP contribution in [0.25, 0.3) is 119 Å². The van der Waals surface area contributed by atoms with Crippen LogP contribution in [-0.4, -0.2) is 0 Å². The molecule has 50 heavy (non-hydrogen) atoms. The highest BCUT2D eigenvalue weighted by molar-refractivity contribution is 7.26. The van der Waals surface area contributed by atoms with Crippen LogP contribution in [0.4, 0.5) is 0 Å². The second-order valence-electron chi connectivity index (χ2n) is 13.1. The molecule has 0 saturated carbocycles. The summed E-state index contributed by atoms with van der Waals surface area (Å²) in [5.41, 5.74) is 7.55. The topological polar surface area (TPSA) is 39.4 Å². The highest BCUT2D eigenvalue weighted by atomic mass is 32.1. The molecule has 0 atom stereocenters. The van der Waals surface area contributed by atoms with Gasteiger partial charge in [-0.25, -0.2) is 0 Å². The van der Waals surface area contributed by atoms with Gasteiger partial charge in [-0.3, -0.25) is 0 Å². The maximum absolute atomic E-state index is 6.81. The quantitative estimate of drug-likeness (QED) is 0.174. The van der Waals surface area contributed by atoms with Gasteiger partial charge in [0, 0.05) is 52.7 Å². The number of thiophene rings is 1. The van der Waals surface area contributed by atoms with Gasteiger partial charge in [-0.2, -0.15) is 0 Å². The maximum atomic E-state index is 6.81. The lowest BCUT2D eigenvalue weighted by Crippen LogP contribution is -1.91. The van der Waals surface area contributed by atoms with E-state index in [1.165, 1.54) is 25.7 Å². The summed E-state index contributed by atoms with van der Waals surface area (Å²) >= 11 is 1.84. The molecule has 0 radical (unpaired) electrons. The molecule has 4 aromatic heterocycles. The molecule has 4 heteroatoms. The Morgan fingerprint density at radius 2 is 0.920 bits per heavy atom. The molecule has 4 heterocycles. The average Bonchev–Trinajstić information content (AvgIpc) is 3.94. The van der Waals surface area contributed by atoms with Crippen LogP contribution in [0.1, 0.15) is 0 Å². The van der Waals surface area contributed by atoms with Gasteiger partial charge in [-0.1, -0.05) is 103 Å². The Balaban J connectivity index is 1.23. The minimum Gasteiger partial charge on any atom is -0.456 e. The van der Waals surface area contributed by atoms with Crippen LogP contribution in [0.5, 0.6) is 0 Å². The van der Waals surface area contributed by atoms with Crippen molar-refractivity contribution in [3.05, 3.63) is 146 Å². The van der Waals surface area contributed by atoms with E-state index in [4.69, 9.17) is 13.3 Å². The van der Waals surface area contributed by atoms with E-state index in [9.17, 15) is 0 Å². The molecule has 0 spiro atoms. The van der Waals surface area contributed by atoms with Crippen LogP contribution < -0.4 is 0 Å². The van der Waals surface area contributed by atoms with Crippen LogP contribution >= 0.6 is 11.3 Å². The molecule has 0 aliphatic heterocycles. The second-order valence-corrected chi connectivity index (χ2v) is 14.2. The average molecular weight is 657 g/mol. The van der Waals surface area contributed by atoms with E-state index < -0.39 is 0 Å². The van der Waals surface area contributed by atoms with E-state index in [1.807, 2.05) is 35.6 Å². The lowest BCUT2D eigenvalue weighted by molar-refractivity contribution is 0.633. The number of benzene rings is 8. The Bertz CT molecular complexity index is 3330. The van der Waals surface area contributed by atoms with Crippen molar-refractivity contribution in [3.8, 4) is 22.5 Å². The summed E-state index contributed by atoms with van der Waals surface area (Å²) in [5.74, 6) is 0.874. The fourth-order valence-corrected chi connectivity index (χ4v) is 9.58. The van der Waals surface area contributed by atoms with Crippen molar-refractivity contribution >= 4 is 108 Å². The van der Waals surface area contributed by atoms with Gasteiger partial charge in [0.15, 0.2) is 11.2 Å². The summed E-state index contributed by atoms with van der Waals surface area (Å²) in [7, 11) is 0. The molecule has 0 saturated heterocycles. The minimum atomic E-state index is 0.775. The first-order valence-electron chi connectivity index (χ1n) is 16.8. The van der Waals surface area contributed by atoms with Gasteiger partial charge in [0.25, 0.3) is 0 Å². The van der Waals surface area contributed by atoms with Gasteiger partial charge in [0.05, 0.1) is 0 Å². The van der Waals surface area contributed by atoms with Crippen LogP contribution in [-0.2, 0) is 0 Å². The molecule has 0 unspecified atom stereocenters. The van der Waals surface area contributed by atoms with Gasteiger partial charge in [0.2, 0.25) is 0 Å². The SMILES string of the molecule is c1ccc2c(c1)oc1c2cc(-c2c3ccccc3c(-c3cc4c(ccc5c6ccccc6sc45)o3)c3ccccc23)c2c3ccccc3oc12. The van der Waals surface area contributed by atoms with Gasteiger partial charge in [0.1, 0.15) is 22.5 Å². The Morgan fingerprint density at radius 1 is 0.360 bits per heavy atom. The summed E-state index contributed by atoms with van der Waals surface area (Å²) < 4.78 is 22.5. The lowest BCUT2D eigenvalue weighted by Gasteiger charge is -2.17. The number of furan rings is 3. The molecule has 0 aliphatic carbocycles. The van der Waals surface area contributed by atoms with Gasteiger partial charge in [-0.05, 0) is 75.1 Å². The molecule has 0 aliphatic rings. The normalized spacial score (nSPS) is 12.4. The van der Waals surface area contributed by atoms with E-state index >= 15 is 0 Å². The van der Waals surface area contributed by atoms with E-state index in [1.54, 1.807) is 0 Å². The first kappa shape index (κ1) is 26.6. The van der Waals surface area contributed by atoms with Gasteiger partial charge in [-0.15, -0.1) is 11.3 Å². The first-order chi connectivity index (χ1) is 24.8. The predicted molar refractivity (Wildman–Crippen MR) is 210 cm³/mol. The largest absolute Gasteiger partial charge is 0.456 e. The third kappa shape index (κ3) is 3.43. The summed E-state index contributed by atoms with van der Waals surface area (Å²) in [4.78, 5) is 0. The number of hydrogen-bond donors (Lipinski definition) is 0. The summed E-state index contributed by atoms with van der Waals surface area (Å²) in [6, 6.07) is 51.6. The van der Waals surface area contributed by atoms with Crippen molar-refractivity contribution in [3.63, 3.8) is 0 Å². The molecule has 12 aromatic rings. The summed E-state index contributed by atoms with van der Waals surface area (Å²) in [6.07, 6.45) is 0. The van der Waals surface area contributed by atoms with Crippen molar-refractivity contribution in [2.75, 3.05) is 0 Å². The molecular formula is C46H24O3S. The highest BCUT2D eigenvalue weighted by Gasteiger charge is 2.25. The Kier molecular flexibility index (Phi) is 5.12. The third-order valence-electron chi connectivity index (χ3n) is 10.5. The summed E-state index contributed by atoms with van der Waals surface area (Å²) in [6.45, 7) is 0. The number of fused-ring (bicyclic) bond motifs is 14. The third-order valence-corrected chi connectivity index (χ3v) is 11.7. The Labute approximate surface area is 288 Å². The zero-order chi connectivity index (χ0) is 32.5. The minimum absolute atomic E-state index is 0.775. The fraction of sp³-hybridized carbons (Fsp3) is 0. The number of hydrogen-bond acceptors (Lipinski definition) is 4. The summed E-state index contributed by atoms with van der Waals surface area (Å²) in [5, 5.41) is 12.6. The van der Waals surface area contributed by atoms with Crippen LogP contribution in [0.15, 0.2) is 159 Å². The van der Waals surface area contributed by atoms with Crippen LogP contribution in [0.3, 0.4) is 0 Å². The van der Waals surface area contributed by atoms with E-state index in [0.29, 0.717) is 0 Å². The van der Waals surface area contributed by atoms with Crippen molar-refractivity contribution in [1.29, 1.82) is 0 Å². The molecule has 0 amide bonds. The van der Waals surface area contributed by atoms with Crippen molar-refractivity contribution in [2.45, 2.75) is 0 Å². The van der Waals surface area contributed by atoms with Crippen LogP contribution in [0, 0.1) is 0 Å². The standard InChI is InChI=1S/C46H24O3S/c1-3-15-29-27(13-1)41(35-23-33-25-11-5-8-18-36(25)48-44(33)45-43(35)32-17-6-9-19-37(32)49-45)28-14-2-4-16-30(28)42(29)39-24-34-38(47-39)22-21-31-26-12-7-10-20-40(26)50-46(31)34/h1-24H. The Morgan fingerprint density at radius 3 is 1.66 bits per heavy atom. The van der Waals surface area contributed by atoms with E-state index in [0.717, 1.165) is 93.3 Å². The molecular weight excluding hydrogens is 633 g/mol. The molecule has 0 fully saturated rings. The Hall–Kier alpha value is -6.36. The van der Waals surface area contributed by atoms with Crippen molar-refractivity contribution in [1.82, 2.24) is 0 Å². The van der Waals surface area contributed by atoms with Crippen molar-refractivity contribution in [2.24, 2.45) is 0 Å². The monoisotopic (exact) mass is 656 g/mol. The van der Waals surface area contributed by atoms with E-state index in [-0.39, 0.29) is 0 Å². The van der Waals surface area contributed by atoms with Gasteiger partial charge < -0.3 is 13.3 Å². The number of rotatable bonds is 2. The maximum Gasteiger partial charge on any atom is 0.179 e. The van der Waals surface area contributed by atoms with Gasteiger partial charge >= 0.3 is 0 Å².